The highest BCUT2D eigenvalue weighted by atomic mass is 32.2. The van der Waals surface area contributed by atoms with Crippen molar-refractivity contribution >= 4 is 45.1 Å². The van der Waals surface area contributed by atoms with Crippen molar-refractivity contribution in [3.8, 4) is 0 Å². The first-order valence-corrected chi connectivity index (χ1v) is 10.6. The summed E-state index contributed by atoms with van der Waals surface area (Å²) in [7, 11) is -1.53. The van der Waals surface area contributed by atoms with Crippen LogP contribution < -0.4 is 5.32 Å². The fraction of sp³-hybridized carbons (Fsp3) is 0.333. The lowest BCUT2D eigenvalue weighted by molar-refractivity contribution is -0.113. The third kappa shape index (κ3) is 6.24. The molecule has 10 heteroatoms. The number of nitrogens with one attached hydrogen (secondary N) is 1. The van der Waals surface area contributed by atoms with Gasteiger partial charge in [-0.25, -0.2) is 14.6 Å². The lowest BCUT2D eigenvalue weighted by Gasteiger charge is -2.05. The quantitative estimate of drug-likeness (QED) is 0.625. The van der Waals surface area contributed by atoms with Crippen LogP contribution in [-0.2, 0) is 26.1 Å². The van der Waals surface area contributed by atoms with E-state index in [1.165, 1.54) is 12.1 Å². The topological polar surface area (TPSA) is 123 Å². The second kappa shape index (κ2) is 9.56. The zero-order valence-corrected chi connectivity index (χ0v) is 17.2. The number of amides is 1. The number of rotatable bonds is 8. The summed E-state index contributed by atoms with van der Waals surface area (Å²) in [5.41, 5.74) is 1.10. The van der Waals surface area contributed by atoms with E-state index < -0.39 is 28.6 Å². The molecule has 0 fully saturated rings. The SMILES string of the molecule is Cc1nc(NC(=O)CS(=O)Cc2cccc(C(=O)O)c2)sc1C(=O)OC(C)C. The van der Waals surface area contributed by atoms with Gasteiger partial charge in [-0.3, -0.25) is 9.00 Å². The van der Waals surface area contributed by atoms with Gasteiger partial charge in [-0.2, -0.15) is 0 Å². The Hall–Kier alpha value is -2.59. The Balaban J connectivity index is 1.95. The van der Waals surface area contributed by atoms with Gasteiger partial charge in [-0.05, 0) is 38.5 Å². The standard InChI is InChI=1S/C18H20N2O6S2/c1-10(2)26-17(24)15-11(3)19-18(27-15)20-14(21)9-28(25)8-12-5-4-6-13(7-12)16(22)23/h4-7,10H,8-9H2,1-3H3,(H,22,23)(H,19,20,21). The number of ether oxygens (including phenoxy) is 1. The van der Waals surface area contributed by atoms with E-state index in [4.69, 9.17) is 9.84 Å². The van der Waals surface area contributed by atoms with E-state index in [0.717, 1.165) is 11.3 Å². The summed E-state index contributed by atoms with van der Waals surface area (Å²) in [6.07, 6.45) is -0.269. The number of aromatic carboxylic acids is 1. The molecule has 150 valence electrons. The molecule has 8 nitrogen and oxygen atoms in total. The van der Waals surface area contributed by atoms with Crippen LogP contribution in [0.5, 0.6) is 0 Å². The first-order chi connectivity index (χ1) is 13.2. The number of hydrogen-bond donors (Lipinski definition) is 2. The molecule has 1 unspecified atom stereocenters. The van der Waals surface area contributed by atoms with E-state index in [9.17, 15) is 18.6 Å². The van der Waals surface area contributed by atoms with Gasteiger partial charge in [0, 0.05) is 16.6 Å². The van der Waals surface area contributed by atoms with Gasteiger partial charge in [-0.15, -0.1) is 0 Å². The minimum atomic E-state index is -1.53. The summed E-state index contributed by atoms with van der Waals surface area (Å²) in [6, 6.07) is 6.08. The molecular weight excluding hydrogens is 404 g/mol. The van der Waals surface area contributed by atoms with Gasteiger partial charge in [0.15, 0.2) is 5.13 Å². The number of carboxylic acid groups (broad SMARTS) is 1. The van der Waals surface area contributed by atoms with E-state index in [1.54, 1.807) is 32.9 Å². The van der Waals surface area contributed by atoms with Crippen LogP contribution in [0.4, 0.5) is 5.13 Å². The first kappa shape index (κ1) is 21.7. The highest BCUT2D eigenvalue weighted by molar-refractivity contribution is 7.85. The fourth-order valence-electron chi connectivity index (χ4n) is 2.24. The van der Waals surface area contributed by atoms with Crippen LogP contribution in [0.25, 0.3) is 0 Å². The zero-order chi connectivity index (χ0) is 20.8. The van der Waals surface area contributed by atoms with Crippen LogP contribution in [0.15, 0.2) is 24.3 Å². The number of aryl methyl sites for hydroxylation is 1. The second-order valence-electron chi connectivity index (χ2n) is 6.17. The van der Waals surface area contributed by atoms with Crippen molar-refractivity contribution in [2.45, 2.75) is 32.6 Å². The van der Waals surface area contributed by atoms with Crippen molar-refractivity contribution in [3.05, 3.63) is 46.0 Å². The number of aromatic nitrogens is 1. The van der Waals surface area contributed by atoms with Crippen molar-refractivity contribution in [1.82, 2.24) is 4.98 Å². The molecule has 0 bridgehead atoms. The maximum Gasteiger partial charge on any atom is 0.350 e. The van der Waals surface area contributed by atoms with Crippen LogP contribution in [0.1, 0.15) is 45.1 Å². The summed E-state index contributed by atoms with van der Waals surface area (Å²) >= 11 is 0.992. The van der Waals surface area contributed by atoms with E-state index in [-0.39, 0.29) is 28.3 Å². The van der Waals surface area contributed by atoms with Gasteiger partial charge < -0.3 is 15.2 Å². The molecular formula is C18H20N2O6S2. The zero-order valence-electron chi connectivity index (χ0n) is 15.6. The van der Waals surface area contributed by atoms with E-state index in [1.807, 2.05) is 0 Å². The van der Waals surface area contributed by atoms with Crippen molar-refractivity contribution in [2.24, 2.45) is 0 Å². The Morgan fingerprint density at radius 1 is 1.32 bits per heavy atom. The van der Waals surface area contributed by atoms with E-state index in [0.29, 0.717) is 16.1 Å². The van der Waals surface area contributed by atoms with Gasteiger partial charge in [0.1, 0.15) is 10.6 Å². The normalized spacial score (nSPS) is 11.9. The number of carbonyl (C=O) groups excluding carboxylic acids is 2. The van der Waals surface area contributed by atoms with Gasteiger partial charge >= 0.3 is 11.9 Å². The number of carboxylic acids is 1. The summed E-state index contributed by atoms with van der Waals surface area (Å²) in [5, 5.41) is 11.7. The van der Waals surface area contributed by atoms with Gasteiger partial charge in [-0.1, -0.05) is 23.5 Å². The summed E-state index contributed by atoms with van der Waals surface area (Å²) in [4.78, 5) is 39.5. The summed E-state index contributed by atoms with van der Waals surface area (Å²) in [6.45, 7) is 5.10. The molecule has 1 amide bonds. The highest BCUT2D eigenvalue weighted by Gasteiger charge is 2.19. The van der Waals surface area contributed by atoms with Gasteiger partial charge in [0.2, 0.25) is 5.91 Å². The maximum absolute atomic E-state index is 12.2. The largest absolute Gasteiger partial charge is 0.478 e. The molecule has 1 aromatic heterocycles. The highest BCUT2D eigenvalue weighted by Crippen LogP contribution is 2.23. The molecule has 1 atom stereocenters. The van der Waals surface area contributed by atoms with Gasteiger partial charge in [0.05, 0.1) is 17.4 Å². The van der Waals surface area contributed by atoms with Gasteiger partial charge in [0.25, 0.3) is 0 Å². The predicted octanol–water partition coefficient (Wildman–Crippen LogP) is 2.60. The molecule has 0 saturated carbocycles. The first-order valence-electron chi connectivity index (χ1n) is 8.31. The fourth-order valence-corrected chi connectivity index (χ4v) is 4.12. The smallest absolute Gasteiger partial charge is 0.350 e. The van der Waals surface area contributed by atoms with Crippen LogP contribution in [0.3, 0.4) is 0 Å². The van der Waals surface area contributed by atoms with Crippen LogP contribution >= 0.6 is 11.3 Å². The average molecular weight is 425 g/mol. The third-order valence-corrected chi connectivity index (χ3v) is 5.66. The average Bonchev–Trinajstić information content (AvgIpc) is 2.94. The Morgan fingerprint density at radius 2 is 2.04 bits per heavy atom. The molecule has 1 aromatic carbocycles. The number of esters is 1. The number of thiazole rings is 1. The molecule has 1 heterocycles. The maximum atomic E-state index is 12.2. The molecule has 0 aliphatic carbocycles. The summed E-state index contributed by atoms with van der Waals surface area (Å²) < 4.78 is 17.3. The van der Waals surface area contributed by atoms with Crippen molar-refractivity contribution < 1.29 is 28.4 Å². The van der Waals surface area contributed by atoms with Crippen molar-refractivity contribution in [1.29, 1.82) is 0 Å². The Labute approximate surface area is 168 Å². The molecule has 0 spiro atoms. The van der Waals surface area contributed by atoms with Crippen molar-refractivity contribution in [3.63, 3.8) is 0 Å². The number of hydrogen-bond acceptors (Lipinski definition) is 7. The predicted molar refractivity (Wildman–Crippen MR) is 106 cm³/mol. The molecule has 0 aliphatic heterocycles. The number of benzene rings is 1. The second-order valence-corrected chi connectivity index (χ2v) is 8.63. The van der Waals surface area contributed by atoms with Crippen LogP contribution in [0.2, 0.25) is 0 Å². The Morgan fingerprint density at radius 3 is 2.68 bits per heavy atom. The van der Waals surface area contributed by atoms with Crippen LogP contribution in [0, 0.1) is 6.92 Å². The Kier molecular flexibility index (Phi) is 7.41. The Bertz CT molecular complexity index is 923. The minimum Gasteiger partial charge on any atom is -0.478 e. The molecule has 2 rings (SSSR count). The minimum absolute atomic E-state index is 0.0530. The molecule has 0 aliphatic rings. The molecule has 0 radical (unpaired) electrons. The van der Waals surface area contributed by atoms with E-state index in [2.05, 4.69) is 10.3 Å². The van der Waals surface area contributed by atoms with E-state index >= 15 is 0 Å². The van der Waals surface area contributed by atoms with Crippen LogP contribution in [-0.4, -0.2) is 44.0 Å². The molecule has 2 N–H and O–H groups in total. The molecule has 28 heavy (non-hydrogen) atoms. The lowest BCUT2D eigenvalue weighted by Crippen LogP contribution is -2.20. The summed E-state index contributed by atoms with van der Waals surface area (Å²) in [5.74, 6) is -2.31. The number of carbonyl (C=O) groups is 3. The van der Waals surface area contributed by atoms with Crippen molar-refractivity contribution in [2.75, 3.05) is 11.1 Å². The number of anilines is 1. The lowest BCUT2D eigenvalue weighted by atomic mass is 10.1. The third-order valence-electron chi connectivity index (χ3n) is 3.36. The number of nitrogens with zero attached hydrogens (tertiary/aromatic N) is 1. The molecule has 0 saturated heterocycles. The molecule has 2 aromatic rings. The monoisotopic (exact) mass is 424 g/mol.